The van der Waals surface area contributed by atoms with Gasteiger partial charge in [0.05, 0.1) is 0 Å². The standard InChI is InChI=1S/C8H14ClNO/c1-7(11)8(2,9)5-3-4-6-10/h3-4H,5-6,10H2,1-2H3/b4-3-. The van der Waals surface area contributed by atoms with Crippen LogP contribution in [0.3, 0.4) is 0 Å². The second-order valence-corrected chi connectivity index (χ2v) is 3.50. The highest BCUT2D eigenvalue weighted by atomic mass is 35.5. The highest BCUT2D eigenvalue weighted by Gasteiger charge is 2.24. The smallest absolute Gasteiger partial charge is 0.150 e. The average Bonchev–Trinajstić information content (AvgIpc) is 1.88. The molecule has 1 atom stereocenters. The molecule has 0 aromatic rings. The van der Waals surface area contributed by atoms with Crippen molar-refractivity contribution in [1.82, 2.24) is 0 Å². The summed E-state index contributed by atoms with van der Waals surface area (Å²) in [4.78, 5) is 10.1. The Labute approximate surface area is 72.4 Å². The fraction of sp³-hybridized carbons (Fsp3) is 0.625. The molecule has 2 N–H and O–H groups in total. The van der Waals surface area contributed by atoms with E-state index in [1.807, 2.05) is 6.08 Å². The first-order valence-corrected chi connectivity index (χ1v) is 3.93. The summed E-state index contributed by atoms with van der Waals surface area (Å²) in [5.74, 6) is -0.0131. The Balaban J connectivity index is 3.92. The highest BCUT2D eigenvalue weighted by Crippen LogP contribution is 2.20. The van der Waals surface area contributed by atoms with Crippen molar-refractivity contribution in [3.63, 3.8) is 0 Å². The van der Waals surface area contributed by atoms with Gasteiger partial charge >= 0.3 is 0 Å². The molecule has 0 radical (unpaired) electrons. The third-order valence-corrected chi connectivity index (χ3v) is 1.96. The molecule has 0 aliphatic rings. The van der Waals surface area contributed by atoms with Crippen molar-refractivity contribution in [2.75, 3.05) is 6.54 Å². The molecule has 0 rings (SSSR count). The number of hydrogen-bond donors (Lipinski definition) is 1. The first-order chi connectivity index (χ1) is 5.00. The van der Waals surface area contributed by atoms with Gasteiger partial charge < -0.3 is 5.73 Å². The molecule has 0 aliphatic heterocycles. The number of hydrogen-bond acceptors (Lipinski definition) is 2. The zero-order chi connectivity index (χ0) is 8.91. The van der Waals surface area contributed by atoms with Gasteiger partial charge in [-0.15, -0.1) is 11.6 Å². The Hall–Kier alpha value is -0.340. The molecule has 2 nitrogen and oxygen atoms in total. The normalized spacial score (nSPS) is 16.7. The summed E-state index contributed by atoms with van der Waals surface area (Å²) in [6.07, 6.45) is 4.17. The lowest BCUT2D eigenvalue weighted by molar-refractivity contribution is -0.119. The maximum Gasteiger partial charge on any atom is 0.150 e. The molecular weight excluding hydrogens is 162 g/mol. The van der Waals surface area contributed by atoms with E-state index in [1.54, 1.807) is 13.0 Å². The van der Waals surface area contributed by atoms with Crippen LogP contribution in [0.1, 0.15) is 20.3 Å². The number of ketones is 1. The van der Waals surface area contributed by atoms with Gasteiger partial charge in [-0.25, -0.2) is 0 Å². The minimum Gasteiger partial charge on any atom is -0.327 e. The monoisotopic (exact) mass is 175 g/mol. The number of halogens is 1. The van der Waals surface area contributed by atoms with Crippen molar-refractivity contribution in [2.45, 2.75) is 25.1 Å². The van der Waals surface area contributed by atoms with Crippen molar-refractivity contribution >= 4 is 17.4 Å². The first kappa shape index (κ1) is 10.7. The van der Waals surface area contributed by atoms with Crippen molar-refractivity contribution in [3.05, 3.63) is 12.2 Å². The van der Waals surface area contributed by atoms with Gasteiger partial charge in [-0.1, -0.05) is 12.2 Å². The van der Waals surface area contributed by atoms with Crippen LogP contribution in [-0.2, 0) is 4.79 Å². The van der Waals surface area contributed by atoms with Crippen molar-refractivity contribution < 1.29 is 4.79 Å². The maximum absolute atomic E-state index is 10.9. The lowest BCUT2D eigenvalue weighted by Gasteiger charge is -2.15. The van der Waals surface area contributed by atoms with Gasteiger partial charge in [0.2, 0.25) is 0 Å². The molecule has 0 heterocycles. The summed E-state index contributed by atoms with van der Waals surface area (Å²) in [5, 5.41) is 0. The molecule has 64 valence electrons. The van der Waals surface area contributed by atoms with Crippen LogP contribution in [0, 0.1) is 0 Å². The number of carbonyl (C=O) groups is 1. The van der Waals surface area contributed by atoms with Crippen LogP contribution in [0.25, 0.3) is 0 Å². The van der Waals surface area contributed by atoms with Gasteiger partial charge in [-0.3, -0.25) is 4.79 Å². The molecule has 0 amide bonds. The van der Waals surface area contributed by atoms with Crippen molar-refractivity contribution in [3.8, 4) is 0 Å². The third-order valence-electron chi connectivity index (χ3n) is 1.54. The minimum absolute atomic E-state index is 0.0131. The van der Waals surface area contributed by atoms with Crippen LogP contribution in [0.15, 0.2) is 12.2 Å². The third kappa shape index (κ3) is 4.17. The molecule has 1 unspecified atom stereocenters. The molecule has 0 fully saturated rings. The molecule has 0 aromatic heterocycles. The van der Waals surface area contributed by atoms with Gasteiger partial charge in [-0.05, 0) is 20.3 Å². The van der Waals surface area contributed by atoms with Crippen molar-refractivity contribution in [1.29, 1.82) is 0 Å². The SMILES string of the molecule is CC(=O)C(C)(Cl)C/C=C\CN. The van der Waals surface area contributed by atoms with Crippen LogP contribution in [0.2, 0.25) is 0 Å². The van der Waals surface area contributed by atoms with Crippen LogP contribution in [0.4, 0.5) is 0 Å². The molecule has 0 aromatic carbocycles. The number of alkyl halides is 1. The first-order valence-electron chi connectivity index (χ1n) is 3.55. The molecule has 0 saturated heterocycles. The Morgan fingerprint density at radius 3 is 2.55 bits per heavy atom. The molecule has 0 bridgehead atoms. The predicted molar refractivity (Wildman–Crippen MR) is 47.8 cm³/mol. The quantitative estimate of drug-likeness (QED) is 0.520. The Bertz CT molecular complexity index is 163. The minimum atomic E-state index is -0.758. The number of allylic oxidation sites excluding steroid dienone is 1. The summed E-state index contributed by atoms with van der Waals surface area (Å²) >= 11 is 5.87. The molecule has 11 heavy (non-hydrogen) atoms. The van der Waals surface area contributed by atoms with E-state index >= 15 is 0 Å². The topological polar surface area (TPSA) is 43.1 Å². The lowest BCUT2D eigenvalue weighted by atomic mass is 10.0. The van der Waals surface area contributed by atoms with E-state index < -0.39 is 4.87 Å². The van der Waals surface area contributed by atoms with Crippen LogP contribution >= 0.6 is 11.6 Å². The fourth-order valence-electron chi connectivity index (χ4n) is 0.545. The number of nitrogens with two attached hydrogens (primary N) is 1. The largest absolute Gasteiger partial charge is 0.327 e. The number of Topliss-reactive ketones (excluding diaryl/α,β-unsaturated/α-hetero) is 1. The zero-order valence-corrected chi connectivity index (χ0v) is 7.69. The summed E-state index contributed by atoms with van der Waals surface area (Å²) < 4.78 is 0. The summed E-state index contributed by atoms with van der Waals surface area (Å²) in [6.45, 7) is 3.69. The summed E-state index contributed by atoms with van der Waals surface area (Å²) in [6, 6.07) is 0. The highest BCUT2D eigenvalue weighted by molar-refractivity contribution is 6.34. The Morgan fingerprint density at radius 2 is 2.18 bits per heavy atom. The van der Waals surface area contributed by atoms with Gasteiger partial charge in [0.15, 0.2) is 5.78 Å². The van der Waals surface area contributed by atoms with E-state index in [2.05, 4.69) is 0 Å². The van der Waals surface area contributed by atoms with E-state index in [0.717, 1.165) is 0 Å². The molecule has 3 heteroatoms. The van der Waals surface area contributed by atoms with E-state index in [4.69, 9.17) is 17.3 Å². The average molecular weight is 176 g/mol. The van der Waals surface area contributed by atoms with Gasteiger partial charge in [-0.2, -0.15) is 0 Å². The van der Waals surface area contributed by atoms with E-state index in [0.29, 0.717) is 13.0 Å². The number of rotatable bonds is 4. The zero-order valence-electron chi connectivity index (χ0n) is 6.93. The second-order valence-electron chi connectivity index (χ2n) is 2.66. The lowest BCUT2D eigenvalue weighted by Crippen LogP contribution is -2.25. The van der Waals surface area contributed by atoms with Gasteiger partial charge in [0.1, 0.15) is 4.87 Å². The van der Waals surface area contributed by atoms with Gasteiger partial charge in [0, 0.05) is 6.54 Å². The molecule has 0 saturated carbocycles. The molecular formula is C8H14ClNO. The Morgan fingerprint density at radius 1 is 1.64 bits per heavy atom. The Kier molecular flexibility index (Phi) is 4.38. The summed E-state index contributed by atoms with van der Waals surface area (Å²) in [5.41, 5.74) is 5.22. The second kappa shape index (κ2) is 4.52. The van der Waals surface area contributed by atoms with E-state index in [1.165, 1.54) is 6.92 Å². The maximum atomic E-state index is 10.9. The fourth-order valence-corrected chi connectivity index (χ4v) is 0.634. The molecule has 0 spiro atoms. The van der Waals surface area contributed by atoms with Crippen LogP contribution < -0.4 is 5.73 Å². The van der Waals surface area contributed by atoms with E-state index in [-0.39, 0.29) is 5.78 Å². The molecule has 0 aliphatic carbocycles. The van der Waals surface area contributed by atoms with Crippen LogP contribution in [0.5, 0.6) is 0 Å². The van der Waals surface area contributed by atoms with Crippen molar-refractivity contribution in [2.24, 2.45) is 5.73 Å². The van der Waals surface area contributed by atoms with Gasteiger partial charge in [0.25, 0.3) is 0 Å². The van der Waals surface area contributed by atoms with E-state index in [9.17, 15) is 4.79 Å². The van der Waals surface area contributed by atoms with Crippen LogP contribution in [-0.4, -0.2) is 17.2 Å². The summed E-state index contributed by atoms with van der Waals surface area (Å²) in [7, 11) is 0. The predicted octanol–water partition coefficient (Wildman–Crippen LogP) is 1.48. The number of carbonyl (C=O) groups excluding carboxylic acids is 1.